The maximum Gasteiger partial charge on any atom is 0.331 e. The monoisotopic (exact) mass is 483 g/mol. The third kappa shape index (κ3) is 4.66. The molecule has 0 aliphatic heterocycles. The molecule has 0 unspecified atom stereocenters. The molecule has 0 spiro atoms. The van der Waals surface area contributed by atoms with Crippen LogP contribution in [0, 0.1) is 0 Å². The fraction of sp³-hybridized carbons (Fsp3) is 0.261. The number of ether oxygens (including phenoxy) is 1. The lowest BCUT2D eigenvalue weighted by Gasteiger charge is -2.08. The van der Waals surface area contributed by atoms with E-state index in [9.17, 15) is 18.0 Å². The summed E-state index contributed by atoms with van der Waals surface area (Å²) in [7, 11) is -2.11. The zero-order valence-electron chi connectivity index (χ0n) is 18.8. The number of fused-ring (bicyclic) bond motifs is 1. The zero-order valence-corrected chi connectivity index (χ0v) is 19.6. The van der Waals surface area contributed by atoms with Crippen molar-refractivity contribution < 1.29 is 13.2 Å². The first-order valence-electron chi connectivity index (χ1n) is 10.8. The van der Waals surface area contributed by atoms with Gasteiger partial charge in [0.2, 0.25) is 15.9 Å². The van der Waals surface area contributed by atoms with Gasteiger partial charge in [0.1, 0.15) is 12.1 Å². The van der Waals surface area contributed by atoms with Crippen molar-refractivity contribution in [2.45, 2.75) is 24.8 Å². The summed E-state index contributed by atoms with van der Waals surface area (Å²) >= 11 is 0. The molecule has 0 fully saturated rings. The third-order valence-corrected chi connectivity index (χ3v) is 6.82. The maximum atomic E-state index is 12.8. The van der Waals surface area contributed by atoms with E-state index >= 15 is 0 Å². The van der Waals surface area contributed by atoms with Gasteiger partial charge in [-0.2, -0.15) is 0 Å². The van der Waals surface area contributed by atoms with Gasteiger partial charge in [-0.05, 0) is 36.2 Å². The van der Waals surface area contributed by atoms with Gasteiger partial charge in [0.15, 0.2) is 0 Å². The third-order valence-electron chi connectivity index (χ3n) is 5.34. The highest BCUT2D eigenvalue weighted by atomic mass is 32.2. The molecule has 11 heteroatoms. The number of hydrogen-bond donors (Lipinski definition) is 2. The van der Waals surface area contributed by atoms with E-state index in [4.69, 9.17) is 4.74 Å². The molecule has 3 heterocycles. The molecule has 0 atom stereocenters. The number of benzene rings is 1. The Kier molecular flexibility index (Phi) is 6.66. The largest absolute Gasteiger partial charge is 0.476 e. The van der Waals surface area contributed by atoms with Crippen LogP contribution in [0.5, 0.6) is 5.88 Å². The molecule has 10 nitrogen and oxygen atoms in total. The minimum absolute atomic E-state index is 0.0841. The number of pyridine rings is 1. The van der Waals surface area contributed by atoms with E-state index in [1.54, 1.807) is 49.6 Å². The normalized spacial score (nSPS) is 11.7. The van der Waals surface area contributed by atoms with Crippen molar-refractivity contribution in [3.05, 3.63) is 75.6 Å². The second-order valence-electron chi connectivity index (χ2n) is 7.68. The van der Waals surface area contributed by atoms with Crippen molar-refractivity contribution in [3.8, 4) is 17.1 Å². The van der Waals surface area contributed by atoms with Crippen molar-refractivity contribution in [2.75, 3.05) is 13.2 Å². The second kappa shape index (κ2) is 9.65. The van der Waals surface area contributed by atoms with Gasteiger partial charge in [0, 0.05) is 38.1 Å². The van der Waals surface area contributed by atoms with E-state index in [0.29, 0.717) is 41.1 Å². The van der Waals surface area contributed by atoms with Crippen molar-refractivity contribution in [2.24, 2.45) is 7.05 Å². The smallest absolute Gasteiger partial charge is 0.331 e. The minimum atomic E-state index is -3.73. The Morgan fingerprint density at radius 1 is 1.12 bits per heavy atom. The number of H-pyrrole nitrogens is 1. The number of sulfonamides is 1. The van der Waals surface area contributed by atoms with E-state index in [2.05, 4.69) is 14.7 Å². The van der Waals surface area contributed by atoms with E-state index < -0.39 is 10.0 Å². The summed E-state index contributed by atoms with van der Waals surface area (Å²) in [4.78, 5) is 32.5. The van der Waals surface area contributed by atoms with Crippen LogP contribution in [-0.4, -0.2) is 40.7 Å². The number of aryl methyl sites for hydroxylation is 1. The van der Waals surface area contributed by atoms with Gasteiger partial charge in [-0.3, -0.25) is 13.9 Å². The highest BCUT2D eigenvalue weighted by Crippen LogP contribution is 2.23. The summed E-state index contributed by atoms with van der Waals surface area (Å²) in [6.07, 6.45) is 2.25. The zero-order chi connectivity index (χ0) is 24.3. The lowest BCUT2D eigenvalue weighted by molar-refractivity contribution is 0.310. The van der Waals surface area contributed by atoms with Gasteiger partial charge < -0.3 is 9.72 Å². The summed E-state index contributed by atoms with van der Waals surface area (Å²) in [6, 6.07) is 13.2. The summed E-state index contributed by atoms with van der Waals surface area (Å²) < 4.78 is 35.7. The van der Waals surface area contributed by atoms with E-state index in [1.165, 1.54) is 21.3 Å². The number of nitrogens with zero attached hydrogens (tertiary/aromatic N) is 3. The topological polar surface area (TPSA) is 128 Å². The van der Waals surface area contributed by atoms with Gasteiger partial charge in [-0.1, -0.05) is 25.1 Å². The van der Waals surface area contributed by atoms with Crippen LogP contribution in [0.1, 0.15) is 13.3 Å². The second-order valence-corrected chi connectivity index (χ2v) is 9.45. The van der Waals surface area contributed by atoms with Gasteiger partial charge in [0.05, 0.1) is 10.4 Å². The fourth-order valence-electron chi connectivity index (χ4n) is 3.61. The predicted octanol–water partition coefficient (Wildman–Crippen LogP) is 1.86. The molecule has 0 aliphatic carbocycles. The van der Waals surface area contributed by atoms with Gasteiger partial charge >= 0.3 is 5.69 Å². The van der Waals surface area contributed by atoms with Crippen molar-refractivity contribution in [1.82, 2.24) is 23.8 Å². The standard InChI is InChI=1S/C23H25N5O5S/c1-3-13-28-22(29)21-19(27(2)23(28)30)15-18(26-21)16-7-9-17(10-8-16)34(31,32)25-12-14-33-20-6-4-5-11-24-20/h4-11,15,25-26H,3,12-14H2,1-2H3. The first kappa shape index (κ1) is 23.5. The molecular weight excluding hydrogens is 458 g/mol. The average molecular weight is 484 g/mol. The molecule has 0 saturated heterocycles. The Bertz CT molecular complexity index is 1520. The Labute approximate surface area is 195 Å². The van der Waals surface area contributed by atoms with E-state index in [0.717, 1.165) is 0 Å². The number of aromatic amines is 1. The van der Waals surface area contributed by atoms with Gasteiger partial charge in [-0.15, -0.1) is 0 Å². The van der Waals surface area contributed by atoms with Crippen molar-refractivity contribution in [1.29, 1.82) is 0 Å². The van der Waals surface area contributed by atoms with Crippen LogP contribution < -0.4 is 20.7 Å². The summed E-state index contributed by atoms with van der Waals surface area (Å²) in [5.41, 5.74) is 1.37. The molecule has 0 bridgehead atoms. The molecule has 0 saturated carbocycles. The average Bonchev–Trinajstić information content (AvgIpc) is 3.30. The van der Waals surface area contributed by atoms with Crippen LogP contribution in [-0.2, 0) is 23.6 Å². The number of nitrogens with one attached hydrogen (secondary N) is 2. The fourth-order valence-corrected chi connectivity index (χ4v) is 4.63. The SMILES string of the molecule is CCCn1c(=O)c2[nH]c(-c3ccc(S(=O)(=O)NCCOc4ccccn4)cc3)cc2n(C)c1=O. The molecule has 4 aromatic rings. The first-order valence-corrected chi connectivity index (χ1v) is 12.3. The predicted molar refractivity (Wildman–Crippen MR) is 128 cm³/mol. The number of aromatic nitrogens is 4. The quantitative estimate of drug-likeness (QED) is 0.350. The molecule has 4 rings (SSSR count). The summed E-state index contributed by atoms with van der Waals surface area (Å²) in [5, 5.41) is 0. The number of hydrogen-bond acceptors (Lipinski definition) is 6. The minimum Gasteiger partial charge on any atom is -0.476 e. The molecule has 1 aromatic carbocycles. The van der Waals surface area contributed by atoms with E-state index in [1.807, 2.05) is 6.92 Å². The lowest BCUT2D eigenvalue weighted by Crippen LogP contribution is -2.38. The highest BCUT2D eigenvalue weighted by molar-refractivity contribution is 7.89. The van der Waals surface area contributed by atoms with Gasteiger partial charge in [0.25, 0.3) is 5.56 Å². The Balaban J connectivity index is 1.51. The van der Waals surface area contributed by atoms with Crippen molar-refractivity contribution in [3.63, 3.8) is 0 Å². The molecular formula is C23H25N5O5S. The molecule has 34 heavy (non-hydrogen) atoms. The van der Waals surface area contributed by atoms with Crippen LogP contribution in [0.25, 0.3) is 22.3 Å². The van der Waals surface area contributed by atoms with Crippen LogP contribution in [0.15, 0.2) is 69.2 Å². The van der Waals surface area contributed by atoms with E-state index in [-0.39, 0.29) is 29.3 Å². The van der Waals surface area contributed by atoms with Crippen LogP contribution in [0.2, 0.25) is 0 Å². The number of rotatable bonds is 9. The van der Waals surface area contributed by atoms with Crippen LogP contribution in [0.3, 0.4) is 0 Å². The molecule has 178 valence electrons. The molecule has 0 radical (unpaired) electrons. The Hall–Kier alpha value is -3.70. The Morgan fingerprint density at radius 3 is 2.56 bits per heavy atom. The summed E-state index contributed by atoms with van der Waals surface area (Å²) in [5.74, 6) is 0.420. The van der Waals surface area contributed by atoms with Crippen LogP contribution in [0.4, 0.5) is 0 Å². The molecule has 3 aromatic heterocycles. The highest BCUT2D eigenvalue weighted by Gasteiger charge is 2.16. The van der Waals surface area contributed by atoms with Crippen LogP contribution >= 0.6 is 0 Å². The molecule has 2 N–H and O–H groups in total. The molecule has 0 aliphatic rings. The molecule has 0 amide bonds. The maximum absolute atomic E-state index is 12.8. The summed E-state index contributed by atoms with van der Waals surface area (Å²) in [6.45, 7) is 2.45. The first-order chi connectivity index (χ1) is 16.3. The van der Waals surface area contributed by atoms with Crippen molar-refractivity contribution >= 4 is 21.1 Å². The lowest BCUT2D eigenvalue weighted by atomic mass is 10.1. The van der Waals surface area contributed by atoms with Gasteiger partial charge in [-0.25, -0.2) is 22.9 Å². The Morgan fingerprint density at radius 2 is 1.88 bits per heavy atom.